The molecule has 2 aromatic rings. The Balaban J connectivity index is 2.59. The van der Waals surface area contributed by atoms with E-state index in [9.17, 15) is 17.2 Å². The highest BCUT2D eigenvalue weighted by molar-refractivity contribution is 7.95. The summed E-state index contributed by atoms with van der Waals surface area (Å²) < 4.78 is 51.8. The van der Waals surface area contributed by atoms with Gasteiger partial charge in [0.15, 0.2) is 0 Å². The van der Waals surface area contributed by atoms with E-state index < -0.39 is 31.9 Å². The van der Waals surface area contributed by atoms with Gasteiger partial charge in [0.2, 0.25) is 9.84 Å². The lowest BCUT2D eigenvalue weighted by Crippen LogP contribution is -2.04. The van der Waals surface area contributed by atoms with Crippen molar-refractivity contribution in [3.8, 4) is 6.07 Å². The second kappa shape index (κ2) is 6.26. The molecule has 22 heavy (non-hydrogen) atoms. The molecule has 2 rings (SSSR count). The van der Waals surface area contributed by atoms with Crippen molar-refractivity contribution in [3.63, 3.8) is 0 Å². The summed E-state index contributed by atoms with van der Waals surface area (Å²) in [4.78, 5) is -0.958. The third kappa shape index (κ3) is 3.16. The van der Waals surface area contributed by atoms with Crippen LogP contribution in [0.25, 0.3) is 6.08 Å². The first-order valence-electron chi connectivity index (χ1n) is 5.92. The van der Waals surface area contributed by atoms with Crippen molar-refractivity contribution in [2.24, 2.45) is 0 Å². The largest absolute Gasteiger partial charge is 0.218 e. The van der Waals surface area contributed by atoms with Crippen molar-refractivity contribution in [2.75, 3.05) is 0 Å². The highest BCUT2D eigenvalue weighted by Crippen LogP contribution is 2.24. The molecule has 7 heteroatoms. The molecule has 3 nitrogen and oxygen atoms in total. The van der Waals surface area contributed by atoms with Gasteiger partial charge in [-0.2, -0.15) is 5.26 Å². The molecular weight excluding hydrogens is 332 g/mol. The molecule has 2 aromatic carbocycles. The first-order valence-corrected chi connectivity index (χ1v) is 7.79. The second-order valence-electron chi connectivity index (χ2n) is 4.21. The molecule has 0 N–H and O–H groups in total. The molecule has 0 unspecified atom stereocenters. The zero-order valence-electron chi connectivity index (χ0n) is 10.9. The number of rotatable bonds is 3. The highest BCUT2D eigenvalue weighted by Gasteiger charge is 2.22. The third-order valence-electron chi connectivity index (χ3n) is 2.80. The Labute approximate surface area is 131 Å². The zero-order chi connectivity index (χ0) is 16.3. The summed E-state index contributed by atoms with van der Waals surface area (Å²) in [6.45, 7) is 0. The molecule has 0 bridgehead atoms. The molecule has 0 amide bonds. The van der Waals surface area contributed by atoms with Gasteiger partial charge in [-0.3, -0.25) is 0 Å². The summed E-state index contributed by atoms with van der Waals surface area (Å²) in [5, 5.41) is 9.37. The number of sulfone groups is 1. The molecule has 0 saturated heterocycles. The van der Waals surface area contributed by atoms with E-state index in [1.807, 2.05) is 0 Å². The molecule has 0 atom stereocenters. The van der Waals surface area contributed by atoms with Gasteiger partial charge in [0.05, 0.1) is 4.90 Å². The van der Waals surface area contributed by atoms with Crippen LogP contribution in [0.1, 0.15) is 5.56 Å². The van der Waals surface area contributed by atoms with E-state index in [0.717, 1.165) is 18.2 Å². The average Bonchev–Trinajstić information content (AvgIpc) is 2.47. The molecule has 0 heterocycles. The summed E-state index contributed by atoms with van der Waals surface area (Å²) in [6, 6.07) is 9.65. The second-order valence-corrected chi connectivity index (χ2v) is 6.57. The van der Waals surface area contributed by atoms with E-state index >= 15 is 0 Å². The first-order chi connectivity index (χ1) is 10.4. The maximum absolute atomic E-state index is 13.6. The fraction of sp³-hybridized carbons (Fsp3) is 0. The molecule has 0 aromatic heterocycles. The number of benzene rings is 2. The van der Waals surface area contributed by atoms with Gasteiger partial charge in [-0.05, 0) is 42.5 Å². The van der Waals surface area contributed by atoms with Crippen LogP contribution in [0.2, 0.25) is 5.02 Å². The van der Waals surface area contributed by atoms with Crippen LogP contribution in [-0.4, -0.2) is 8.42 Å². The predicted octanol–water partition coefficient (Wildman–Crippen LogP) is 3.96. The molecule has 0 radical (unpaired) electrons. The van der Waals surface area contributed by atoms with Gasteiger partial charge in [0.1, 0.15) is 22.6 Å². The molecular formula is C15H8ClF2NO2S. The van der Waals surface area contributed by atoms with E-state index in [4.69, 9.17) is 16.9 Å². The Morgan fingerprint density at radius 1 is 1.09 bits per heavy atom. The Kier molecular flexibility index (Phi) is 4.59. The van der Waals surface area contributed by atoms with Crippen molar-refractivity contribution in [2.45, 2.75) is 4.90 Å². The Hall–Kier alpha value is -2.23. The summed E-state index contributed by atoms with van der Waals surface area (Å²) in [7, 11) is -4.19. The molecule has 0 aliphatic rings. The standard InChI is InChI=1S/C15H8ClF2NO2S/c16-10-4-6-11(7-5-10)22(20,21)12(9-19)8-13-14(17)2-1-3-15(13)18/h1-8H/b12-8+. The van der Waals surface area contributed by atoms with Gasteiger partial charge in [0, 0.05) is 10.6 Å². The summed E-state index contributed by atoms with van der Waals surface area (Å²) in [5.41, 5.74) is -0.586. The van der Waals surface area contributed by atoms with Gasteiger partial charge in [-0.15, -0.1) is 0 Å². The predicted molar refractivity (Wildman–Crippen MR) is 78.6 cm³/mol. The number of allylic oxidation sites excluding steroid dienone is 1. The van der Waals surface area contributed by atoms with Crippen LogP contribution in [-0.2, 0) is 9.84 Å². The van der Waals surface area contributed by atoms with Gasteiger partial charge < -0.3 is 0 Å². The lowest BCUT2D eigenvalue weighted by Gasteiger charge is -2.04. The lowest BCUT2D eigenvalue weighted by molar-refractivity contribution is 0.578. The van der Waals surface area contributed by atoms with Crippen molar-refractivity contribution < 1.29 is 17.2 Å². The first kappa shape index (κ1) is 16.1. The van der Waals surface area contributed by atoms with E-state index in [-0.39, 0.29) is 4.90 Å². The van der Waals surface area contributed by atoms with E-state index in [0.29, 0.717) is 11.1 Å². The van der Waals surface area contributed by atoms with Crippen molar-refractivity contribution >= 4 is 27.5 Å². The van der Waals surface area contributed by atoms with Gasteiger partial charge in [-0.25, -0.2) is 17.2 Å². The quantitative estimate of drug-likeness (QED) is 0.795. The van der Waals surface area contributed by atoms with E-state index in [1.54, 1.807) is 0 Å². The minimum Gasteiger partial charge on any atom is -0.218 e. The lowest BCUT2D eigenvalue weighted by atomic mass is 10.2. The Morgan fingerprint density at radius 3 is 2.14 bits per heavy atom. The maximum atomic E-state index is 13.6. The van der Waals surface area contributed by atoms with Crippen LogP contribution < -0.4 is 0 Å². The fourth-order valence-electron chi connectivity index (χ4n) is 1.69. The fourth-order valence-corrected chi connectivity index (χ4v) is 2.96. The minimum atomic E-state index is -4.19. The van der Waals surface area contributed by atoms with E-state index in [2.05, 4.69) is 0 Å². The maximum Gasteiger partial charge on any atom is 0.216 e. The number of hydrogen-bond acceptors (Lipinski definition) is 3. The highest BCUT2D eigenvalue weighted by atomic mass is 35.5. The molecule has 112 valence electrons. The summed E-state index contributed by atoms with van der Waals surface area (Å²) in [5.74, 6) is -1.92. The topological polar surface area (TPSA) is 57.9 Å². The monoisotopic (exact) mass is 339 g/mol. The zero-order valence-corrected chi connectivity index (χ0v) is 12.5. The van der Waals surface area contributed by atoms with Crippen molar-refractivity contribution in [1.29, 1.82) is 5.26 Å². The van der Waals surface area contributed by atoms with Crippen LogP contribution in [0.15, 0.2) is 52.3 Å². The normalized spacial score (nSPS) is 12.0. The number of nitrogens with zero attached hydrogens (tertiary/aromatic N) is 1. The van der Waals surface area contributed by atoms with Crippen LogP contribution in [0, 0.1) is 23.0 Å². The average molecular weight is 340 g/mol. The van der Waals surface area contributed by atoms with Gasteiger partial charge in [-0.1, -0.05) is 17.7 Å². The third-order valence-corrected chi connectivity index (χ3v) is 4.73. The number of hydrogen-bond donors (Lipinski definition) is 0. The smallest absolute Gasteiger partial charge is 0.216 e. The molecule has 0 aliphatic carbocycles. The molecule has 0 spiro atoms. The van der Waals surface area contributed by atoms with Gasteiger partial charge in [0.25, 0.3) is 0 Å². The summed E-state index contributed by atoms with van der Waals surface area (Å²) >= 11 is 5.67. The molecule has 0 aliphatic heterocycles. The van der Waals surface area contributed by atoms with Crippen LogP contribution in [0.3, 0.4) is 0 Å². The summed E-state index contributed by atoms with van der Waals surface area (Å²) in [6.07, 6.45) is 0.675. The Morgan fingerprint density at radius 2 is 1.64 bits per heavy atom. The number of nitriles is 1. The van der Waals surface area contributed by atoms with Crippen molar-refractivity contribution in [1.82, 2.24) is 0 Å². The number of halogens is 3. The molecule has 0 fully saturated rings. The molecule has 0 saturated carbocycles. The van der Waals surface area contributed by atoms with Crippen LogP contribution in [0.5, 0.6) is 0 Å². The SMILES string of the molecule is N#C/C(=C\c1c(F)cccc1F)S(=O)(=O)c1ccc(Cl)cc1. The van der Waals surface area contributed by atoms with Crippen molar-refractivity contribution in [3.05, 3.63) is 69.6 Å². The van der Waals surface area contributed by atoms with E-state index in [1.165, 1.54) is 30.3 Å². The van der Waals surface area contributed by atoms with Crippen LogP contribution >= 0.6 is 11.6 Å². The van der Waals surface area contributed by atoms with Crippen LogP contribution in [0.4, 0.5) is 8.78 Å². The minimum absolute atomic E-state index is 0.193. The van der Waals surface area contributed by atoms with Gasteiger partial charge >= 0.3 is 0 Å². The Bertz CT molecular complexity index is 864.